The number of esters is 1. The Bertz CT molecular complexity index is 250. The normalized spacial score (nSPS) is 10.9. The lowest BCUT2D eigenvalue weighted by Gasteiger charge is -2.04. The van der Waals surface area contributed by atoms with Crippen LogP contribution in [0.2, 0.25) is 0 Å². The Morgan fingerprint density at radius 1 is 0.625 bits per heavy atom. The molecule has 0 fully saturated rings. The zero-order valence-corrected chi connectivity index (χ0v) is 16.5. The van der Waals surface area contributed by atoms with Crippen molar-refractivity contribution in [3.63, 3.8) is 0 Å². The van der Waals surface area contributed by atoms with Crippen molar-refractivity contribution >= 4 is 5.97 Å². The Kier molecular flexibility index (Phi) is 20.1. The Labute approximate surface area is 152 Å². The maximum absolute atomic E-state index is 11.1. The number of hydrogen-bond donors (Lipinski definition) is 0. The van der Waals surface area contributed by atoms with Gasteiger partial charge in [-0.25, -0.2) is 0 Å². The highest BCUT2D eigenvalue weighted by Gasteiger charge is 2.00. The fourth-order valence-electron chi connectivity index (χ4n) is 3.18. The number of unbranched alkanes of at least 4 members (excludes halogenated alkanes) is 16. The van der Waals surface area contributed by atoms with Crippen LogP contribution in [-0.2, 0) is 9.53 Å². The van der Waals surface area contributed by atoms with Crippen LogP contribution in [0.3, 0.4) is 0 Å². The number of carbonyl (C=O) groups excluding carboxylic acids is 1. The third-order valence-electron chi connectivity index (χ3n) is 4.75. The summed E-state index contributed by atoms with van der Waals surface area (Å²) >= 11 is 0. The van der Waals surface area contributed by atoms with Gasteiger partial charge in [0.25, 0.3) is 0 Å². The lowest BCUT2D eigenvalue weighted by Crippen LogP contribution is -2.03. The van der Waals surface area contributed by atoms with E-state index >= 15 is 0 Å². The van der Waals surface area contributed by atoms with Crippen LogP contribution in [0.4, 0.5) is 0 Å². The first-order chi connectivity index (χ1) is 11.8. The van der Waals surface area contributed by atoms with Crippen molar-refractivity contribution in [2.24, 2.45) is 0 Å². The fraction of sp³-hybridized carbons (Fsp3) is 0.909. The van der Waals surface area contributed by atoms with Gasteiger partial charge in [0, 0.05) is 6.42 Å². The van der Waals surface area contributed by atoms with Crippen LogP contribution in [0.25, 0.3) is 0 Å². The first-order valence-corrected chi connectivity index (χ1v) is 10.8. The predicted molar refractivity (Wildman–Crippen MR) is 105 cm³/mol. The lowest BCUT2D eigenvalue weighted by atomic mass is 10.0. The smallest absolute Gasteiger partial charge is 0.305 e. The highest BCUT2D eigenvalue weighted by molar-refractivity contribution is 5.69. The second kappa shape index (κ2) is 20.5. The molecular formula is C22H43O2. The quantitative estimate of drug-likeness (QED) is 0.181. The van der Waals surface area contributed by atoms with E-state index in [1.807, 2.05) is 0 Å². The highest BCUT2D eigenvalue weighted by atomic mass is 16.5. The average molecular weight is 340 g/mol. The number of carbonyl (C=O) groups is 1. The standard InChI is InChI=1S/C22H43O2/c1-3-5-6-7-8-9-10-11-12-13-14-15-16-17-18-19-20-21-22(23)24-4-2/h2-21H2,1H3. The molecular weight excluding hydrogens is 296 g/mol. The first-order valence-electron chi connectivity index (χ1n) is 10.8. The van der Waals surface area contributed by atoms with E-state index in [-0.39, 0.29) is 12.6 Å². The average Bonchev–Trinajstić information content (AvgIpc) is 2.58. The SMILES string of the molecule is [CH2]COC(=O)CCCCCCCCCCCCCCCCCCC. The van der Waals surface area contributed by atoms with Crippen molar-refractivity contribution in [3.8, 4) is 0 Å². The van der Waals surface area contributed by atoms with Gasteiger partial charge >= 0.3 is 5.97 Å². The van der Waals surface area contributed by atoms with Gasteiger partial charge < -0.3 is 4.74 Å². The molecule has 0 aromatic rings. The minimum Gasteiger partial charge on any atom is -0.466 e. The second-order valence-corrected chi connectivity index (χ2v) is 7.13. The summed E-state index contributed by atoms with van der Waals surface area (Å²) in [6.07, 6.45) is 23.7. The zero-order chi connectivity index (χ0) is 17.7. The van der Waals surface area contributed by atoms with Gasteiger partial charge in [-0.15, -0.1) is 0 Å². The summed E-state index contributed by atoms with van der Waals surface area (Å²) in [5, 5.41) is 0. The molecule has 2 nitrogen and oxygen atoms in total. The lowest BCUT2D eigenvalue weighted by molar-refractivity contribution is -0.142. The van der Waals surface area contributed by atoms with E-state index in [1.54, 1.807) is 0 Å². The molecule has 0 bridgehead atoms. The van der Waals surface area contributed by atoms with Crippen LogP contribution in [0.5, 0.6) is 0 Å². The molecule has 0 rings (SSSR count). The van der Waals surface area contributed by atoms with Crippen molar-refractivity contribution in [3.05, 3.63) is 6.92 Å². The Balaban J connectivity index is 3.01. The highest BCUT2D eigenvalue weighted by Crippen LogP contribution is 2.14. The number of hydrogen-bond acceptors (Lipinski definition) is 2. The molecule has 0 aromatic heterocycles. The van der Waals surface area contributed by atoms with Crippen molar-refractivity contribution in [2.45, 2.75) is 122 Å². The summed E-state index contributed by atoms with van der Waals surface area (Å²) in [5.74, 6) is -0.0917. The summed E-state index contributed by atoms with van der Waals surface area (Å²) in [7, 11) is 0. The van der Waals surface area contributed by atoms with Crippen molar-refractivity contribution < 1.29 is 9.53 Å². The van der Waals surface area contributed by atoms with Gasteiger partial charge in [0.2, 0.25) is 0 Å². The van der Waals surface area contributed by atoms with Gasteiger partial charge in [-0.1, -0.05) is 110 Å². The maximum atomic E-state index is 11.1. The van der Waals surface area contributed by atoms with Gasteiger partial charge in [0.1, 0.15) is 0 Å². The Hall–Kier alpha value is -0.530. The molecule has 0 amide bonds. The van der Waals surface area contributed by atoms with Gasteiger partial charge in [-0.05, 0) is 13.3 Å². The van der Waals surface area contributed by atoms with Crippen molar-refractivity contribution in [2.75, 3.05) is 6.61 Å². The Morgan fingerprint density at radius 3 is 1.29 bits per heavy atom. The second-order valence-electron chi connectivity index (χ2n) is 7.13. The number of ether oxygens (including phenoxy) is 1. The van der Waals surface area contributed by atoms with Gasteiger partial charge in [0.05, 0.1) is 6.61 Å². The van der Waals surface area contributed by atoms with E-state index in [0.29, 0.717) is 6.42 Å². The van der Waals surface area contributed by atoms with Crippen LogP contribution in [0.1, 0.15) is 122 Å². The summed E-state index contributed by atoms with van der Waals surface area (Å²) in [4.78, 5) is 11.1. The summed E-state index contributed by atoms with van der Waals surface area (Å²) in [5.41, 5.74) is 0. The van der Waals surface area contributed by atoms with Gasteiger partial charge in [-0.2, -0.15) is 0 Å². The van der Waals surface area contributed by atoms with Gasteiger partial charge in [0.15, 0.2) is 0 Å². The minimum atomic E-state index is -0.0917. The van der Waals surface area contributed by atoms with E-state index in [1.165, 1.54) is 96.3 Å². The molecule has 0 aliphatic carbocycles. The van der Waals surface area contributed by atoms with Crippen molar-refractivity contribution in [1.82, 2.24) is 0 Å². The largest absolute Gasteiger partial charge is 0.466 e. The molecule has 0 aliphatic heterocycles. The molecule has 0 aromatic carbocycles. The molecule has 143 valence electrons. The monoisotopic (exact) mass is 339 g/mol. The molecule has 0 saturated heterocycles. The van der Waals surface area contributed by atoms with Crippen LogP contribution >= 0.6 is 0 Å². The van der Waals surface area contributed by atoms with E-state index in [9.17, 15) is 4.79 Å². The summed E-state index contributed by atoms with van der Waals surface area (Å²) in [6.45, 7) is 6.05. The number of rotatable bonds is 19. The molecule has 0 unspecified atom stereocenters. The predicted octanol–water partition coefficient (Wildman–Crippen LogP) is 7.41. The molecule has 2 heteroatoms. The molecule has 0 saturated carbocycles. The van der Waals surface area contributed by atoms with E-state index in [4.69, 9.17) is 4.74 Å². The van der Waals surface area contributed by atoms with Crippen molar-refractivity contribution in [1.29, 1.82) is 0 Å². The van der Waals surface area contributed by atoms with Crippen LogP contribution in [0.15, 0.2) is 0 Å². The third-order valence-corrected chi connectivity index (χ3v) is 4.75. The molecule has 0 N–H and O–H groups in total. The fourth-order valence-corrected chi connectivity index (χ4v) is 3.18. The molecule has 0 heterocycles. The molecule has 0 spiro atoms. The molecule has 1 radical (unpaired) electrons. The minimum absolute atomic E-state index is 0.0917. The summed E-state index contributed by atoms with van der Waals surface area (Å²) in [6, 6.07) is 0. The Morgan fingerprint density at radius 2 is 0.958 bits per heavy atom. The zero-order valence-electron chi connectivity index (χ0n) is 16.5. The van der Waals surface area contributed by atoms with Gasteiger partial charge in [-0.3, -0.25) is 4.79 Å². The van der Waals surface area contributed by atoms with E-state index in [0.717, 1.165) is 12.8 Å². The van der Waals surface area contributed by atoms with E-state index < -0.39 is 0 Å². The summed E-state index contributed by atoms with van der Waals surface area (Å²) < 4.78 is 4.82. The maximum Gasteiger partial charge on any atom is 0.305 e. The van der Waals surface area contributed by atoms with Crippen LogP contribution in [0, 0.1) is 6.92 Å². The van der Waals surface area contributed by atoms with Crippen LogP contribution in [-0.4, -0.2) is 12.6 Å². The molecule has 24 heavy (non-hydrogen) atoms. The topological polar surface area (TPSA) is 26.3 Å². The third kappa shape index (κ3) is 19.5. The molecule has 0 aliphatic rings. The van der Waals surface area contributed by atoms with Crippen LogP contribution < -0.4 is 0 Å². The first kappa shape index (κ1) is 23.5. The van der Waals surface area contributed by atoms with E-state index in [2.05, 4.69) is 13.8 Å². The molecule has 0 atom stereocenters.